The summed E-state index contributed by atoms with van der Waals surface area (Å²) in [6.07, 6.45) is 21.9. The quantitative estimate of drug-likeness (QED) is 0.183. The Balaban J connectivity index is 0.000000358. The van der Waals surface area contributed by atoms with E-state index in [2.05, 4.69) is 43.3 Å². The molecular weight excluding hydrogens is 416 g/mol. The predicted molar refractivity (Wildman–Crippen MR) is 148 cm³/mol. The summed E-state index contributed by atoms with van der Waals surface area (Å²) < 4.78 is 0. The molecule has 0 saturated carbocycles. The van der Waals surface area contributed by atoms with E-state index in [1.165, 1.54) is 70.6 Å². The van der Waals surface area contributed by atoms with Crippen LogP contribution in [0.25, 0.3) is 0 Å². The molecule has 0 aliphatic rings. The highest BCUT2D eigenvalue weighted by atomic mass is 16.1. The van der Waals surface area contributed by atoms with Crippen LogP contribution in [0.15, 0.2) is 72.8 Å². The molecule has 34 heavy (non-hydrogen) atoms. The molecule has 4 N–H and O–H groups in total. The van der Waals surface area contributed by atoms with Crippen molar-refractivity contribution in [2.75, 3.05) is 0 Å². The Kier molecular flexibility index (Phi) is 18.5. The molecule has 0 saturated heterocycles. The van der Waals surface area contributed by atoms with Crippen LogP contribution in [-0.4, -0.2) is 5.91 Å². The van der Waals surface area contributed by atoms with Crippen LogP contribution in [-0.2, 0) is 4.79 Å². The zero-order valence-electron chi connectivity index (χ0n) is 21.5. The van der Waals surface area contributed by atoms with E-state index < -0.39 is 0 Å². The molecule has 0 aliphatic heterocycles. The number of hydrogen-bond acceptors (Lipinski definition) is 2. The van der Waals surface area contributed by atoms with E-state index in [0.717, 1.165) is 24.0 Å². The molecule has 2 aromatic rings. The summed E-state index contributed by atoms with van der Waals surface area (Å²) >= 11 is 0. The Labute approximate surface area is 209 Å². The molecule has 0 unspecified atom stereocenters. The number of benzene rings is 2. The SMILES string of the molecule is CCCCCCCC/C=C\CCCCCCCC(N)=O.NC(c1ccccc1)c1ccccc1. The first kappa shape index (κ1) is 29.6. The van der Waals surface area contributed by atoms with Gasteiger partial charge in [0, 0.05) is 6.42 Å². The second-order valence-corrected chi connectivity index (χ2v) is 9.10. The Bertz CT molecular complexity index is 703. The van der Waals surface area contributed by atoms with E-state index in [4.69, 9.17) is 11.5 Å². The third kappa shape index (κ3) is 16.3. The van der Waals surface area contributed by atoms with Gasteiger partial charge in [-0.3, -0.25) is 4.79 Å². The Morgan fingerprint density at radius 2 is 1.09 bits per heavy atom. The molecule has 0 radical (unpaired) electrons. The summed E-state index contributed by atoms with van der Waals surface area (Å²) in [6, 6.07) is 20.2. The van der Waals surface area contributed by atoms with Crippen LogP contribution in [0.3, 0.4) is 0 Å². The molecule has 3 nitrogen and oxygen atoms in total. The third-order valence-corrected chi connectivity index (χ3v) is 6.00. The van der Waals surface area contributed by atoms with Gasteiger partial charge in [0.05, 0.1) is 6.04 Å². The smallest absolute Gasteiger partial charge is 0.217 e. The third-order valence-electron chi connectivity index (χ3n) is 6.00. The van der Waals surface area contributed by atoms with Crippen LogP contribution in [0.1, 0.15) is 114 Å². The molecule has 0 aromatic heterocycles. The van der Waals surface area contributed by atoms with Crippen molar-refractivity contribution >= 4 is 5.91 Å². The van der Waals surface area contributed by atoms with Crippen molar-refractivity contribution in [1.82, 2.24) is 0 Å². The lowest BCUT2D eigenvalue weighted by atomic mass is 10.00. The number of allylic oxidation sites excluding steroid dienone is 2. The second-order valence-electron chi connectivity index (χ2n) is 9.10. The number of amides is 1. The average molecular weight is 465 g/mol. The zero-order chi connectivity index (χ0) is 24.7. The Morgan fingerprint density at radius 1 is 0.676 bits per heavy atom. The molecule has 3 heteroatoms. The summed E-state index contributed by atoms with van der Waals surface area (Å²) in [6.45, 7) is 2.26. The molecule has 0 atom stereocenters. The molecule has 2 rings (SSSR count). The highest BCUT2D eigenvalue weighted by molar-refractivity contribution is 5.73. The Hall–Kier alpha value is -2.39. The van der Waals surface area contributed by atoms with E-state index in [9.17, 15) is 4.79 Å². The number of primary amides is 1. The largest absolute Gasteiger partial charge is 0.370 e. The van der Waals surface area contributed by atoms with Gasteiger partial charge in [-0.1, -0.05) is 131 Å². The number of unbranched alkanes of at least 4 members (excludes halogenated alkanes) is 11. The molecule has 0 aliphatic carbocycles. The van der Waals surface area contributed by atoms with E-state index in [-0.39, 0.29) is 11.9 Å². The summed E-state index contributed by atoms with van der Waals surface area (Å²) in [5.41, 5.74) is 13.5. The predicted octanol–water partition coefficient (Wildman–Crippen LogP) is 8.24. The molecule has 188 valence electrons. The van der Waals surface area contributed by atoms with Crippen molar-refractivity contribution in [2.45, 2.75) is 103 Å². The van der Waals surface area contributed by atoms with Gasteiger partial charge >= 0.3 is 0 Å². The van der Waals surface area contributed by atoms with Crippen molar-refractivity contribution in [1.29, 1.82) is 0 Å². The highest BCUT2D eigenvalue weighted by Crippen LogP contribution is 2.18. The van der Waals surface area contributed by atoms with Crippen molar-refractivity contribution in [3.05, 3.63) is 83.9 Å². The first-order chi connectivity index (χ1) is 16.6. The van der Waals surface area contributed by atoms with Gasteiger partial charge in [-0.2, -0.15) is 0 Å². The summed E-state index contributed by atoms with van der Waals surface area (Å²) in [5.74, 6) is -0.164. The van der Waals surface area contributed by atoms with Crippen molar-refractivity contribution < 1.29 is 4.79 Å². The first-order valence-electron chi connectivity index (χ1n) is 13.4. The number of carbonyl (C=O) groups excluding carboxylic acids is 1. The molecule has 0 bridgehead atoms. The maximum atomic E-state index is 10.5. The fourth-order valence-electron chi connectivity index (χ4n) is 3.88. The van der Waals surface area contributed by atoms with E-state index in [0.29, 0.717) is 6.42 Å². The van der Waals surface area contributed by atoms with Gasteiger partial charge in [0.1, 0.15) is 0 Å². The minimum atomic E-state index is -0.164. The first-order valence-corrected chi connectivity index (χ1v) is 13.4. The monoisotopic (exact) mass is 464 g/mol. The molecule has 0 heterocycles. The van der Waals surface area contributed by atoms with Crippen LogP contribution >= 0.6 is 0 Å². The van der Waals surface area contributed by atoms with Gasteiger partial charge < -0.3 is 11.5 Å². The van der Waals surface area contributed by atoms with Gasteiger partial charge in [-0.25, -0.2) is 0 Å². The summed E-state index contributed by atoms with van der Waals surface area (Å²) in [4.78, 5) is 10.5. The van der Waals surface area contributed by atoms with Crippen LogP contribution in [0.5, 0.6) is 0 Å². The molecule has 2 aromatic carbocycles. The second kappa shape index (κ2) is 21.2. The molecule has 0 spiro atoms. The number of hydrogen-bond donors (Lipinski definition) is 2. The van der Waals surface area contributed by atoms with Gasteiger partial charge in [-0.05, 0) is 43.2 Å². The van der Waals surface area contributed by atoms with Gasteiger partial charge in [0.2, 0.25) is 5.91 Å². The van der Waals surface area contributed by atoms with Gasteiger partial charge in [0.15, 0.2) is 0 Å². The zero-order valence-corrected chi connectivity index (χ0v) is 21.5. The van der Waals surface area contributed by atoms with E-state index in [1.54, 1.807) is 0 Å². The number of carbonyl (C=O) groups is 1. The molecule has 1 amide bonds. The lowest BCUT2D eigenvalue weighted by Gasteiger charge is -2.11. The standard InChI is InChI=1S/C18H35NO.C13H13N/c1-2-3-4-5-6-7-8-9-10-11-12-13-14-15-16-17-18(19)20;14-13(11-7-3-1-4-8-11)12-9-5-2-6-10-12/h9-10H,2-8,11-17H2,1H3,(H2,19,20);1-10,13H,14H2/b10-9-;. The lowest BCUT2D eigenvalue weighted by molar-refractivity contribution is -0.118. The minimum absolute atomic E-state index is 0.0163. The lowest BCUT2D eigenvalue weighted by Crippen LogP contribution is -2.11. The maximum Gasteiger partial charge on any atom is 0.217 e. The van der Waals surface area contributed by atoms with E-state index in [1.807, 2.05) is 36.4 Å². The van der Waals surface area contributed by atoms with Gasteiger partial charge in [0.25, 0.3) is 0 Å². The van der Waals surface area contributed by atoms with Crippen molar-refractivity contribution in [2.24, 2.45) is 11.5 Å². The van der Waals surface area contributed by atoms with Crippen molar-refractivity contribution in [3.8, 4) is 0 Å². The van der Waals surface area contributed by atoms with Crippen LogP contribution < -0.4 is 11.5 Å². The fraction of sp³-hybridized carbons (Fsp3) is 0.516. The molecular formula is C31H48N2O. The normalized spacial score (nSPS) is 10.9. The van der Waals surface area contributed by atoms with Crippen LogP contribution in [0, 0.1) is 0 Å². The highest BCUT2D eigenvalue weighted by Gasteiger charge is 2.06. The number of rotatable bonds is 17. The fourth-order valence-corrected chi connectivity index (χ4v) is 3.88. The maximum absolute atomic E-state index is 10.5. The topological polar surface area (TPSA) is 69.1 Å². The van der Waals surface area contributed by atoms with Gasteiger partial charge in [-0.15, -0.1) is 0 Å². The Morgan fingerprint density at radius 3 is 1.53 bits per heavy atom. The van der Waals surface area contributed by atoms with Crippen LogP contribution in [0.2, 0.25) is 0 Å². The molecule has 0 fully saturated rings. The summed E-state index contributed by atoms with van der Waals surface area (Å²) in [5, 5.41) is 0. The number of nitrogens with two attached hydrogens (primary N) is 2. The van der Waals surface area contributed by atoms with E-state index >= 15 is 0 Å². The summed E-state index contributed by atoms with van der Waals surface area (Å²) in [7, 11) is 0. The van der Waals surface area contributed by atoms with Crippen molar-refractivity contribution in [3.63, 3.8) is 0 Å². The minimum Gasteiger partial charge on any atom is -0.370 e. The van der Waals surface area contributed by atoms with Crippen LogP contribution in [0.4, 0.5) is 0 Å². The average Bonchev–Trinajstić information content (AvgIpc) is 2.87.